The first kappa shape index (κ1) is 29.6. The molecule has 0 amide bonds. The van der Waals surface area contributed by atoms with Crippen LogP contribution in [0.25, 0.3) is 82.1 Å². The molecule has 2 heterocycles. The molecule has 0 unspecified atom stereocenters. The van der Waals surface area contributed by atoms with E-state index in [1.54, 1.807) is 0 Å². The summed E-state index contributed by atoms with van der Waals surface area (Å²) in [5.41, 5.74) is 11.0. The highest BCUT2D eigenvalue weighted by Crippen LogP contribution is 2.42. The molecule has 0 bridgehead atoms. The predicted molar refractivity (Wildman–Crippen MR) is 223 cm³/mol. The normalized spacial score (nSPS) is 11.8. The van der Waals surface area contributed by atoms with Gasteiger partial charge in [0.05, 0.1) is 16.4 Å². The maximum Gasteiger partial charge on any atom is 0.145 e. The maximum absolute atomic E-state index is 6.53. The van der Waals surface area contributed by atoms with Gasteiger partial charge in [0, 0.05) is 38.9 Å². The van der Waals surface area contributed by atoms with E-state index in [0.29, 0.717) is 0 Å². The standard InChI is InChI=1S/C50H32N2O/c1-2-12-39(13-3-1)51(40-24-20-34(21-25-40)36-19-18-33-10-4-5-11-35(33)30-36)41-26-22-38-32-42(27-23-37(38)31-41)52-46-16-8-6-15-45(46)49-47(52)29-28-44-43-14-7-9-17-48(43)53-50(44)49/h1-32H. The molecule has 9 aromatic carbocycles. The molecule has 248 valence electrons. The fraction of sp³-hybridized carbons (Fsp3) is 0. The zero-order chi connectivity index (χ0) is 34.9. The Bertz CT molecular complexity index is 3170. The van der Waals surface area contributed by atoms with Gasteiger partial charge in [-0.05, 0) is 112 Å². The van der Waals surface area contributed by atoms with E-state index in [2.05, 4.69) is 198 Å². The summed E-state index contributed by atoms with van der Waals surface area (Å²) in [6.07, 6.45) is 0. The fourth-order valence-corrected chi connectivity index (χ4v) is 8.21. The third-order valence-corrected chi connectivity index (χ3v) is 10.7. The number of hydrogen-bond donors (Lipinski definition) is 0. The lowest BCUT2D eigenvalue weighted by Crippen LogP contribution is -2.09. The van der Waals surface area contributed by atoms with Crippen LogP contribution in [0.4, 0.5) is 17.1 Å². The first-order chi connectivity index (χ1) is 26.3. The molecule has 0 atom stereocenters. The van der Waals surface area contributed by atoms with Crippen LogP contribution in [0.15, 0.2) is 199 Å². The Kier molecular flexibility index (Phi) is 6.55. The first-order valence-electron chi connectivity index (χ1n) is 18.1. The Balaban J connectivity index is 1.01. The minimum absolute atomic E-state index is 0.916. The van der Waals surface area contributed by atoms with Gasteiger partial charge in [-0.15, -0.1) is 0 Å². The Labute approximate surface area is 306 Å². The molecule has 11 rings (SSSR count). The summed E-state index contributed by atoms with van der Waals surface area (Å²) >= 11 is 0. The van der Waals surface area contributed by atoms with Crippen LogP contribution in [0.1, 0.15) is 0 Å². The third kappa shape index (κ3) is 4.75. The first-order valence-corrected chi connectivity index (χ1v) is 18.1. The molecule has 0 saturated carbocycles. The summed E-state index contributed by atoms with van der Waals surface area (Å²) in [4.78, 5) is 2.34. The predicted octanol–water partition coefficient (Wildman–Crippen LogP) is 14.1. The second-order valence-electron chi connectivity index (χ2n) is 13.8. The number of nitrogens with zero attached hydrogens (tertiary/aromatic N) is 2. The Morgan fingerprint density at radius 1 is 0.377 bits per heavy atom. The van der Waals surface area contributed by atoms with Gasteiger partial charge in [0.15, 0.2) is 0 Å². The largest absolute Gasteiger partial charge is 0.455 e. The SMILES string of the molecule is c1ccc(N(c2ccc(-c3ccc4ccccc4c3)cc2)c2ccc3cc(-n4c5ccccc5c5c6oc7ccccc7c6ccc54)ccc3c2)cc1. The van der Waals surface area contributed by atoms with Crippen LogP contribution in [0.5, 0.6) is 0 Å². The quantitative estimate of drug-likeness (QED) is 0.181. The maximum atomic E-state index is 6.53. The van der Waals surface area contributed by atoms with E-state index in [9.17, 15) is 0 Å². The van der Waals surface area contributed by atoms with Gasteiger partial charge in [0.1, 0.15) is 11.2 Å². The van der Waals surface area contributed by atoms with Crippen LogP contribution in [0.3, 0.4) is 0 Å². The van der Waals surface area contributed by atoms with Crippen LogP contribution in [0.2, 0.25) is 0 Å². The van der Waals surface area contributed by atoms with Gasteiger partial charge < -0.3 is 13.9 Å². The van der Waals surface area contributed by atoms with Crippen LogP contribution in [0, 0.1) is 0 Å². The molecule has 53 heavy (non-hydrogen) atoms. The number of fused-ring (bicyclic) bond motifs is 9. The van der Waals surface area contributed by atoms with E-state index in [-0.39, 0.29) is 0 Å². The topological polar surface area (TPSA) is 21.3 Å². The lowest BCUT2D eigenvalue weighted by atomic mass is 10.0. The number of para-hydroxylation sites is 3. The molecule has 11 aromatic rings. The van der Waals surface area contributed by atoms with Crippen molar-refractivity contribution in [3.05, 3.63) is 194 Å². The van der Waals surface area contributed by atoms with Crippen molar-refractivity contribution in [1.29, 1.82) is 0 Å². The van der Waals surface area contributed by atoms with Crippen LogP contribution in [-0.2, 0) is 0 Å². The van der Waals surface area contributed by atoms with Gasteiger partial charge in [-0.3, -0.25) is 0 Å². The smallest absolute Gasteiger partial charge is 0.145 e. The summed E-state index contributed by atoms with van der Waals surface area (Å²) in [6.45, 7) is 0. The molecule has 0 fully saturated rings. The monoisotopic (exact) mass is 676 g/mol. The van der Waals surface area contributed by atoms with E-state index in [0.717, 1.165) is 61.1 Å². The van der Waals surface area contributed by atoms with Crippen molar-refractivity contribution in [1.82, 2.24) is 4.57 Å². The van der Waals surface area contributed by atoms with Crippen molar-refractivity contribution in [3.8, 4) is 16.8 Å². The van der Waals surface area contributed by atoms with Gasteiger partial charge >= 0.3 is 0 Å². The number of aromatic nitrogens is 1. The Hall–Kier alpha value is -7.10. The molecule has 0 radical (unpaired) electrons. The molecule has 3 nitrogen and oxygen atoms in total. The molecule has 0 aliphatic carbocycles. The van der Waals surface area contributed by atoms with Crippen LogP contribution in [-0.4, -0.2) is 4.57 Å². The summed E-state index contributed by atoms with van der Waals surface area (Å²) in [5.74, 6) is 0. The number of hydrogen-bond acceptors (Lipinski definition) is 2. The average Bonchev–Trinajstić information content (AvgIpc) is 3.77. The lowest BCUT2D eigenvalue weighted by Gasteiger charge is -2.26. The summed E-state index contributed by atoms with van der Waals surface area (Å²) < 4.78 is 8.90. The lowest BCUT2D eigenvalue weighted by molar-refractivity contribution is 0.673. The molecule has 0 aliphatic rings. The average molecular weight is 677 g/mol. The highest BCUT2D eigenvalue weighted by Gasteiger charge is 2.19. The minimum atomic E-state index is 0.916. The fourth-order valence-electron chi connectivity index (χ4n) is 8.21. The highest BCUT2D eigenvalue weighted by molar-refractivity contribution is 6.23. The van der Waals surface area contributed by atoms with Crippen molar-refractivity contribution in [2.24, 2.45) is 0 Å². The molecule has 3 heteroatoms. The van der Waals surface area contributed by atoms with E-state index >= 15 is 0 Å². The van der Waals surface area contributed by atoms with Crippen molar-refractivity contribution in [3.63, 3.8) is 0 Å². The summed E-state index contributed by atoms with van der Waals surface area (Å²) in [5, 5.41) is 9.50. The van der Waals surface area contributed by atoms with Crippen molar-refractivity contribution in [2.75, 3.05) is 4.90 Å². The zero-order valence-electron chi connectivity index (χ0n) is 28.8. The van der Waals surface area contributed by atoms with E-state index in [4.69, 9.17) is 4.42 Å². The van der Waals surface area contributed by atoms with Gasteiger partial charge in [-0.1, -0.05) is 115 Å². The van der Waals surface area contributed by atoms with Gasteiger partial charge in [0.2, 0.25) is 0 Å². The van der Waals surface area contributed by atoms with Crippen LogP contribution < -0.4 is 4.90 Å². The molecule has 0 spiro atoms. The van der Waals surface area contributed by atoms with E-state index in [1.165, 1.54) is 38.1 Å². The second-order valence-corrected chi connectivity index (χ2v) is 13.8. The van der Waals surface area contributed by atoms with Crippen molar-refractivity contribution >= 4 is 82.4 Å². The Morgan fingerprint density at radius 2 is 1.02 bits per heavy atom. The summed E-state index contributed by atoms with van der Waals surface area (Å²) in [7, 11) is 0. The number of anilines is 3. The van der Waals surface area contributed by atoms with Gasteiger partial charge in [-0.25, -0.2) is 0 Å². The molecular formula is C50H32N2O. The second kappa shape index (κ2) is 11.7. The van der Waals surface area contributed by atoms with Crippen molar-refractivity contribution < 1.29 is 4.42 Å². The third-order valence-electron chi connectivity index (χ3n) is 10.7. The zero-order valence-corrected chi connectivity index (χ0v) is 28.8. The summed E-state index contributed by atoms with van der Waals surface area (Å²) in [6, 6.07) is 69.7. The highest BCUT2D eigenvalue weighted by atomic mass is 16.3. The van der Waals surface area contributed by atoms with Crippen molar-refractivity contribution in [2.45, 2.75) is 0 Å². The Morgan fingerprint density at radius 3 is 1.91 bits per heavy atom. The molecule has 2 aromatic heterocycles. The van der Waals surface area contributed by atoms with Gasteiger partial charge in [-0.2, -0.15) is 0 Å². The molecule has 0 N–H and O–H groups in total. The number of rotatable bonds is 5. The van der Waals surface area contributed by atoms with E-state index in [1.807, 2.05) is 6.07 Å². The number of furan rings is 1. The van der Waals surface area contributed by atoms with Gasteiger partial charge in [0.25, 0.3) is 0 Å². The molecular weight excluding hydrogens is 645 g/mol. The molecule has 0 saturated heterocycles. The minimum Gasteiger partial charge on any atom is -0.455 e. The van der Waals surface area contributed by atoms with Crippen LogP contribution >= 0.6 is 0 Å². The van der Waals surface area contributed by atoms with E-state index < -0.39 is 0 Å². The molecule has 0 aliphatic heterocycles. The number of benzene rings is 9.